The third-order valence-corrected chi connectivity index (χ3v) is 5.01. The lowest BCUT2D eigenvalue weighted by molar-refractivity contribution is 0.228. The van der Waals surface area contributed by atoms with Crippen molar-refractivity contribution in [3.05, 3.63) is 46.9 Å². The number of aryl methyl sites for hydroxylation is 2. The third kappa shape index (κ3) is 3.32. The molecule has 0 amide bonds. The van der Waals surface area contributed by atoms with Gasteiger partial charge in [0.05, 0.1) is 18.8 Å². The maximum atomic E-state index is 13.6. The molecule has 7 nitrogen and oxygen atoms in total. The van der Waals surface area contributed by atoms with E-state index >= 15 is 0 Å². The standard InChI is InChI=1S/C19H21FN4O3/c1-11-18(23-27-22-11)16-5-4-8-24(16)10-15-12(2)26-19(21-15)13-6-7-14(20)17(9-13)25-3/h6-7,9,16H,4-5,8,10H2,1-3H3/t16-/m0/s1. The van der Waals surface area contributed by atoms with Crippen molar-refractivity contribution >= 4 is 0 Å². The molecule has 3 aromatic rings. The fourth-order valence-corrected chi connectivity index (χ4v) is 3.55. The molecular weight excluding hydrogens is 351 g/mol. The van der Waals surface area contributed by atoms with Crippen LogP contribution in [0.3, 0.4) is 0 Å². The molecule has 1 aliphatic heterocycles. The molecule has 0 N–H and O–H groups in total. The van der Waals surface area contributed by atoms with E-state index in [0.717, 1.165) is 42.2 Å². The van der Waals surface area contributed by atoms with E-state index in [1.165, 1.54) is 13.2 Å². The van der Waals surface area contributed by atoms with E-state index in [9.17, 15) is 4.39 Å². The zero-order valence-electron chi connectivity index (χ0n) is 15.5. The molecule has 1 fully saturated rings. The molecule has 27 heavy (non-hydrogen) atoms. The smallest absolute Gasteiger partial charge is 0.226 e. The molecule has 0 unspecified atom stereocenters. The first-order valence-electron chi connectivity index (χ1n) is 8.90. The van der Waals surface area contributed by atoms with Crippen LogP contribution in [0.2, 0.25) is 0 Å². The topological polar surface area (TPSA) is 77.4 Å². The predicted molar refractivity (Wildman–Crippen MR) is 94.6 cm³/mol. The van der Waals surface area contributed by atoms with Crippen LogP contribution >= 0.6 is 0 Å². The van der Waals surface area contributed by atoms with E-state index in [0.29, 0.717) is 18.0 Å². The highest BCUT2D eigenvalue weighted by Crippen LogP contribution is 2.34. The minimum absolute atomic E-state index is 0.165. The van der Waals surface area contributed by atoms with E-state index in [4.69, 9.17) is 13.8 Å². The summed E-state index contributed by atoms with van der Waals surface area (Å²) in [5, 5.41) is 7.97. The second kappa shape index (κ2) is 7.11. The number of ether oxygens (including phenoxy) is 1. The van der Waals surface area contributed by atoms with E-state index in [1.807, 2.05) is 13.8 Å². The summed E-state index contributed by atoms with van der Waals surface area (Å²) in [6, 6.07) is 4.75. The van der Waals surface area contributed by atoms with Gasteiger partial charge >= 0.3 is 0 Å². The van der Waals surface area contributed by atoms with E-state index < -0.39 is 5.82 Å². The van der Waals surface area contributed by atoms with Crippen LogP contribution in [0.25, 0.3) is 11.5 Å². The van der Waals surface area contributed by atoms with Gasteiger partial charge in [-0.15, -0.1) is 0 Å². The molecule has 0 radical (unpaired) electrons. The van der Waals surface area contributed by atoms with Gasteiger partial charge in [0.25, 0.3) is 0 Å². The lowest BCUT2D eigenvalue weighted by atomic mass is 10.1. The quantitative estimate of drug-likeness (QED) is 0.673. The van der Waals surface area contributed by atoms with Crippen molar-refractivity contribution in [2.75, 3.05) is 13.7 Å². The Balaban J connectivity index is 1.58. The van der Waals surface area contributed by atoms with Gasteiger partial charge in [0.2, 0.25) is 5.89 Å². The van der Waals surface area contributed by atoms with Crippen LogP contribution in [0.1, 0.15) is 41.7 Å². The van der Waals surface area contributed by atoms with Crippen molar-refractivity contribution in [3.63, 3.8) is 0 Å². The molecule has 0 spiro atoms. The monoisotopic (exact) mass is 372 g/mol. The highest BCUT2D eigenvalue weighted by Gasteiger charge is 2.31. The van der Waals surface area contributed by atoms with Gasteiger partial charge in [-0.05, 0) is 51.4 Å². The summed E-state index contributed by atoms with van der Waals surface area (Å²) in [4.78, 5) is 6.95. The minimum atomic E-state index is -0.416. The normalized spacial score (nSPS) is 17.6. The van der Waals surface area contributed by atoms with Gasteiger partial charge in [0.1, 0.15) is 17.1 Å². The fraction of sp³-hybridized carbons (Fsp3) is 0.421. The lowest BCUT2D eigenvalue weighted by Crippen LogP contribution is -2.24. The van der Waals surface area contributed by atoms with Crippen molar-refractivity contribution < 1.29 is 18.2 Å². The van der Waals surface area contributed by atoms with Crippen molar-refractivity contribution in [2.45, 2.75) is 39.3 Å². The molecular formula is C19H21FN4O3. The third-order valence-electron chi connectivity index (χ3n) is 5.01. The van der Waals surface area contributed by atoms with Gasteiger partial charge in [-0.3, -0.25) is 4.90 Å². The molecule has 0 saturated carbocycles. The summed E-state index contributed by atoms with van der Waals surface area (Å²) in [7, 11) is 1.43. The Labute approximate surface area is 156 Å². The second-order valence-electron chi connectivity index (χ2n) is 6.73. The average molecular weight is 372 g/mol. The number of hydrogen-bond acceptors (Lipinski definition) is 7. The first kappa shape index (κ1) is 17.7. The Morgan fingerprint density at radius 1 is 1.30 bits per heavy atom. The van der Waals surface area contributed by atoms with Crippen LogP contribution in [0.4, 0.5) is 4.39 Å². The van der Waals surface area contributed by atoms with Crippen LogP contribution in [0, 0.1) is 19.7 Å². The molecule has 1 saturated heterocycles. The molecule has 0 aliphatic carbocycles. The Morgan fingerprint density at radius 3 is 2.89 bits per heavy atom. The van der Waals surface area contributed by atoms with Crippen molar-refractivity contribution in [2.24, 2.45) is 0 Å². The van der Waals surface area contributed by atoms with Crippen LogP contribution in [-0.4, -0.2) is 33.9 Å². The molecule has 2 aromatic heterocycles. The number of halogens is 1. The molecule has 1 atom stereocenters. The van der Waals surface area contributed by atoms with E-state index in [2.05, 4.69) is 20.2 Å². The highest BCUT2D eigenvalue weighted by atomic mass is 19.1. The van der Waals surface area contributed by atoms with Gasteiger partial charge in [0, 0.05) is 12.1 Å². The summed E-state index contributed by atoms with van der Waals surface area (Å²) < 4.78 is 29.4. The van der Waals surface area contributed by atoms with Crippen molar-refractivity contribution in [3.8, 4) is 17.2 Å². The predicted octanol–water partition coefficient (Wildman–Crippen LogP) is 3.83. The first-order chi connectivity index (χ1) is 13.1. The van der Waals surface area contributed by atoms with Crippen molar-refractivity contribution in [1.82, 2.24) is 20.2 Å². The van der Waals surface area contributed by atoms with Gasteiger partial charge in [0.15, 0.2) is 11.6 Å². The fourth-order valence-electron chi connectivity index (χ4n) is 3.55. The van der Waals surface area contributed by atoms with Crippen LogP contribution < -0.4 is 4.74 Å². The van der Waals surface area contributed by atoms with Crippen LogP contribution in [0.15, 0.2) is 27.2 Å². The molecule has 1 aromatic carbocycles. The number of methoxy groups -OCH3 is 1. The molecule has 3 heterocycles. The molecule has 0 bridgehead atoms. The zero-order chi connectivity index (χ0) is 19.0. The second-order valence-corrected chi connectivity index (χ2v) is 6.73. The largest absolute Gasteiger partial charge is 0.494 e. The summed E-state index contributed by atoms with van der Waals surface area (Å²) in [6.07, 6.45) is 2.09. The average Bonchev–Trinajstić information content (AvgIpc) is 3.37. The highest BCUT2D eigenvalue weighted by molar-refractivity contribution is 5.56. The first-order valence-corrected chi connectivity index (χ1v) is 8.90. The summed E-state index contributed by atoms with van der Waals surface area (Å²) in [5.41, 5.74) is 3.24. The SMILES string of the molecule is COc1cc(-c2nc(CN3CCC[C@H]3c3nonc3C)c(C)o2)ccc1F. The lowest BCUT2D eigenvalue weighted by Gasteiger charge is -2.21. The molecule has 4 rings (SSSR count). The Bertz CT molecular complexity index is 952. The van der Waals surface area contributed by atoms with Gasteiger partial charge < -0.3 is 9.15 Å². The Morgan fingerprint density at radius 2 is 2.15 bits per heavy atom. The number of benzene rings is 1. The number of aromatic nitrogens is 3. The molecule has 142 valence electrons. The Kier molecular flexibility index (Phi) is 4.65. The number of rotatable bonds is 5. The maximum absolute atomic E-state index is 13.6. The molecule has 1 aliphatic rings. The van der Waals surface area contributed by atoms with Crippen LogP contribution in [0.5, 0.6) is 5.75 Å². The maximum Gasteiger partial charge on any atom is 0.226 e. The van der Waals surface area contributed by atoms with E-state index in [-0.39, 0.29) is 11.8 Å². The molecule has 8 heteroatoms. The van der Waals surface area contributed by atoms with Gasteiger partial charge in [-0.1, -0.05) is 10.3 Å². The Hall–Kier alpha value is -2.74. The zero-order valence-corrected chi connectivity index (χ0v) is 15.5. The van der Waals surface area contributed by atoms with Crippen LogP contribution in [-0.2, 0) is 6.54 Å². The van der Waals surface area contributed by atoms with Crippen molar-refractivity contribution in [1.29, 1.82) is 0 Å². The number of likely N-dealkylation sites (tertiary alicyclic amines) is 1. The summed E-state index contributed by atoms with van der Waals surface area (Å²) in [6.45, 7) is 5.39. The number of nitrogens with zero attached hydrogens (tertiary/aromatic N) is 4. The summed E-state index contributed by atoms with van der Waals surface area (Å²) >= 11 is 0. The number of hydrogen-bond donors (Lipinski definition) is 0. The van der Waals surface area contributed by atoms with Gasteiger partial charge in [-0.25, -0.2) is 14.0 Å². The number of oxazole rings is 1. The summed E-state index contributed by atoms with van der Waals surface area (Å²) in [5.74, 6) is 0.949. The van der Waals surface area contributed by atoms with Gasteiger partial charge in [-0.2, -0.15) is 0 Å². The van der Waals surface area contributed by atoms with E-state index in [1.54, 1.807) is 12.1 Å². The minimum Gasteiger partial charge on any atom is -0.494 e.